The van der Waals surface area contributed by atoms with E-state index >= 15 is 0 Å². The zero-order chi connectivity index (χ0) is 34.4. The molecule has 0 rings (SSSR count). The van der Waals surface area contributed by atoms with Crippen LogP contribution < -0.4 is 0 Å². The molecule has 0 saturated heterocycles. The Morgan fingerprint density at radius 1 is 0.390 bits per heavy atom. The summed E-state index contributed by atoms with van der Waals surface area (Å²) >= 11 is 0. The minimum absolute atomic E-state index is 0. The molecule has 0 aromatic heterocycles. The summed E-state index contributed by atoms with van der Waals surface area (Å²) in [7, 11) is 0. The first-order chi connectivity index (χ1) is 18.4. The van der Waals surface area contributed by atoms with Crippen LogP contribution in [0.5, 0.6) is 0 Å². The summed E-state index contributed by atoms with van der Waals surface area (Å²) in [5.41, 5.74) is 0.500. The average molecular weight is 595 g/mol. The molecule has 0 nitrogen and oxygen atoms in total. The van der Waals surface area contributed by atoms with Crippen molar-refractivity contribution in [2.75, 3.05) is 0 Å². The normalized spacial score (nSPS) is 8.63. The Hall–Kier alpha value is 0. The van der Waals surface area contributed by atoms with E-state index in [2.05, 4.69) is 145 Å². The molecule has 0 bridgehead atoms. The van der Waals surface area contributed by atoms with Crippen LogP contribution in [0.15, 0.2) is 0 Å². The topological polar surface area (TPSA) is 0 Å². The van der Waals surface area contributed by atoms with Crippen LogP contribution in [-0.2, 0) is 0 Å². The van der Waals surface area contributed by atoms with Gasteiger partial charge < -0.3 is 0 Å². The summed E-state index contributed by atoms with van der Waals surface area (Å²) in [5.74, 6) is 2.60. The summed E-state index contributed by atoms with van der Waals surface area (Å²) in [5, 5.41) is 0. The number of unbranched alkanes of at least 4 members (excludes halogenated alkanes) is 7. The molecule has 0 heteroatoms. The summed E-state index contributed by atoms with van der Waals surface area (Å²) in [6.07, 6.45) is 17.6. The van der Waals surface area contributed by atoms with Gasteiger partial charge in [-0.1, -0.05) is 250 Å². The summed E-state index contributed by atoms with van der Waals surface area (Å²) in [6, 6.07) is 0. The molecular weight excluding hydrogens is 492 g/mol. The molecule has 0 atom stereocenters. The molecule has 0 aromatic rings. The van der Waals surface area contributed by atoms with Crippen molar-refractivity contribution in [2.45, 2.75) is 250 Å². The van der Waals surface area contributed by atoms with Crippen molar-refractivity contribution < 1.29 is 0 Å². The lowest BCUT2D eigenvalue weighted by atomic mass is 10.0. The lowest BCUT2D eigenvalue weighted by Gasteiger charge is -2.05. The fraction of sp³-hybridized carbons (Fsp3) is 1.00. The zero-order valence-corrected chi connectivity index (χ0v) is 34.4. The van der Waals surface area contributed by atoms with E-state index in [9.17, 15) is 0 Å². The van der Waals surface area contributed by atoms with Gasteiger partial charge in [0, 0.05) is 0 Å². The van der Waals surface area contributed by atoms with E-state index in [0.717, 1.165) is 17.8 Å². The maximum absolute atomic E-state index is 2.25. The van der Waals surface area contributed by atoms with Crippen molar-refractivity contribution in [1.29, 1.82) is 0 Å². The van der Waals surface area contributed by atoms with Crippen LogP contribution in [0.1, 0.15) is 250 Å². The second-order valence-corrected chi connectivity index (χ2v) is 13.5. The Morgan fingerprint density at radius 3 is 0.585 bits per heavy atom. The maximum atomic E-state index is 2.25. The van der Waals surface area contributed by atoms with Crippen molar-refractivity contribution in [1.82, 2.24) is 0 Å². The third-order valence-corrected chi connectivity index (χ3v) is 4.05. The predicted octanol–water partition coefficient (Wildman–Crippen LogP) is 17.9. The summed E-state index contributed by atoms with van der Waals surface area (Å²) in [4.78, 5) is 0. The summed E-state index contributed by atoms with van der Waals surface area (Å²) < 4.78 is 0. The highest BCUT2D eigenvalue weighted by molar-refractivity contribution is 4.47. The van der Waals surface area contributed by atoms with E-state index in [1.807, 2.05) is 13.8 Å². The first kappa shape index (κ1) is 68.3. The van der Waals surface area contributed by atoms with E-state index < -0.39 is 0 Å². The SMILES string of the molecule is C.CC.CC(C)(C)C.CC(C)C.CCC.CCC(C)C.CCC(C)C.CCCC.CCCCC.CCCCCCC. The van der Waals surface area contributed by atoms with Gasteiger partial charge in [-0.05, 0) is 23.2 Å². The predicted molar refractivity (Wildman–Crippen MR) is 210 cm³/mol. The third kappa shape index (κ3) is 477. The van der Waals surface area contributed by atoms with Gasteiger partial charge >= 0.3 is 0 Å². The smallest absolute Gasteiger partial charge is 0.0411 e. The molecule has 0 amide bonds. The molecule has 0 aromatic carbocycles. The van der Waals surface area contributed by atoms with E-state index in [0.29, 0.717) is 5.41 Å². The Labute approximate surface area is 272 Å². The minimum atomic E-state index is 0. The molecule has 0 aliphatic heterocycles. The first-order valence-corrected chi connectivity index (χ1v) is 18.4. The molecule has 266 valence electrons. The van der Waals surface area contributed by atoms with Crippen LogP contribution in [0.2, 0.25) is 0 Å². The Balaban J connectivity index is -0.0000000334. The van der Waals surface area contributed by atoms with Crippen molar-refractivity contribution in [3.8, 4) is 0 Å². The van der Waals surface area contributed by atoms with Gasteiger partial charge in [-0.25, -0.2) is 0 Å². The molecule has 0 N–H and O–H groups in total. The highest BCUT2D eigenvalue weighted by atomic mass is 14.0. The van der Waals surface area contributed by atoms with Crippen molar-refractivity contribution in [3.05, 3.63) is 0 Å². The van der Waals surface area contributed by atoms with Crippen LogP contribution in [0.25, 0.3) is 0 Å². The molecule has 0 saturated carbocycles. The second kappa shape index (κ2) is 77.6. The van der Waals surface area contributed by atoms with Gasteiger partial charge in [-0.3, -0.25) is 0 Å². The molecular formula is C41H102. The molecule has 0 spiro atoms. The van der Waals surface area contributed by atoms with E-state index in [1.54, 1.807) is 0 Å². The van der Waals surface area contributed by atoms with Gasteiger partial charge in [0.15, 0.2) is 0 Å². The summed E-state index contributed by atoms with van der Waals surface area (Å²) in [6.45, 7) is 50.1. The lowest BCUT2D eigenvalue weighted by molar-refractivity contribution is 0.469. The van der Waals surface area contributed by atoms with Crippen molar-refractivity contribution in [2.24, 2.45) is 23.2 Å². The Kier molecular flexibility index (Phi) is 129. The number of rotatable bonds is 9. The van der Waals surface area contributed by atoms with Gasteiger partial charge in [-0.15, -0.1) is 0 Å². The zero-order valence-electron chi connectivity index (χ0n) is 34.4. The standard InChI is InChI=1S/C7H16.4C5H12.2C4H10.C3H8.C2H6.CH4/c1-3-5-7-6-4-2;1-5(2,3)4;2*1-4-5(2)3;1-3-5-4-2;1-4(2)3;1-3-4-2;1-3-2;1-2;/h3-7H2,1-2H3;1-4H3;2*5H,4H2,1-3H3;3-5H2,1-2H3;4H,1-3H3;3-4H2,1-2H3;3H2,1-2H3;1-2H3;1H4. The minimum Gasteiger partial charge on any atom is -0.0776 e. The van der Waals surface area contributed by atoms with Crippen molar-refractivity contribution in [3.63, 3.8) is 0 Å². The molecule has 0 radical (unpaired) electrons. The molecule has 0 fully saturated rings. The van der Waals surface area contributed by atoms with E-state index in [4.69, 9.17) is 0 Å². The van der Waals surface area contributed by atoms with Crippen LogP contribution in [-0.4, -0.2) is 0 Å². The van der Waals surface area contributed by atoms with E-state index in [1.165, 1.54) is 83.5 Å². The molecule has 0 aliphatic carbocycles. The van der Waals surface area contributed by atoms with Crippen LogP contribution in [0.3, 0.4) is 0 Å². The van der Waals surface area contributed by atoms with Gasteiger partial charge in [0.2, 0.25) is 0 Å². The van der Waals surface area contributed by atoms with Gasteiger partial charge in [0.1, 0.15) is 0 Å². The van der Waals surface area contributed by atoms with Crippen LogP contribution in [0.4, 0.5) is 0 Å². The highest BCUT2D eigenvalue weighted by Gasteiger charge is 1.95. The van der Waals surface area contributed by atoms with E-state index in [-0.39, 0.29) is 7.43 Å². The highest BCUT2D eigenvalue weighted by Crippen LogP contribution is 2.08. The molecule has 0 unspecified atom stereocenters. The van der Waals surface area contributed by atoms with Gasteiger partial charge in [-0.2, -0.15) is 0 Å². The maximum Gasteiger partial charge on any atom is -0.0411 e. The average Bonchev–Trinajstić information content (AvgIpc) is 2.86. The molecule has 41 heavy (non-hydrogen) atoms. The molecule has 0 aliphatic rings. The number of hydrogen-bond acceptors (Lipinski definition) is 0. The fourth-order valence-electron chi connectivity index (χ4n) is 1.03. The first-order valence-electron chi connectivity index (χ1n) is 18.4. The number of hydrogen-bond donors (Lipinski definition) is 0. The Bertz CT molecular complexity index is 229. The van der Waals surface area contributed by atoms with Crippen LogP contribution >= 0.6 is 0 Å². The third-order valence-electron chi connectivity index (χ3n) is 4.05. The second-order valence-electron chi connectivity index (χ2n) is 13.5. The largest absolute Gasteiger partial charge is 0.0776 e. The fourth-order valence-corrected chi connectivity index (χ4v) is 1.03. The monoisotopic (exact) mass is 595 g/mol. The molecule has 0 heterocycles. The lowest BCUT2D eigenvalue weighted by Crippen LogP contribution is -1.93. The Morgan fingerprint density at radius 2 is 0.537 bits per heavy atom. The van der Waals surface area contributed by atoms with Crippen molar-refractivity contribution >= 4 is 0 Å². The van der Waals surface area contributed by atoms with Gasteiger partial charge in [0.05, 0.1) is 0 Å². The van der Waals surface area contributed by atoms with Crippen LogP contribution in [0, 0.1) is 23.2 Å². The quantitative estimate of drug-likeness (QED) is 0.233. The van der Waals surface area contributed by atoms with Gasteiger partial charge in [0.25, 0.3) is 0 Å².